The number of ether oxygens (including phenoxy) is 6. The fourth-order valence-corrected chi connectivity index (χ4v) is 10.3. The Morgan fingerprint density at radius 2 is 0.770 bits per heavy atom. The fraction of sp³-hybridized carbons (Fsp3) is 0.982. The van der Waals surface area contributed by atoms with Crippen LogP contribution >= 0.6 is 0 Å². The van der Waals surface area contributed by atoms with Crippen LogP contribution in [-0.2, 0) is 33.2 Å². The molecule has 0 bridgehead atoms. The molecule has 0 spiro atoms. The largest absolute Gasteiger partial charge is 0.394 e. The topological polar surface area (TPSA) is 307 Å². The highest BCUT2D eigenvalue weighted by molar-refractivity contribution is 5.76. The van der Waals surface area contributed by atoms with Crippen molar-refractivity contribution in [3.63, 3.8) is 0 Å². The number of nitrogens with one attached hydrogen (secondary N) is 1. The molecular weight excluding hydrogens is 963 g/mol. The molecule has 1 amide bonds. The van der Waals surface area contributed by atoms with E-state index in [4.69, 9.17) is 28.4 Å². The predicted octanol–water partition coefficient (Wildman–Crippen LogP) is 4.43. The molecule has 0 aromatic rings. The van der Waals surface area contributed by atoms with Gasteiger partial charge in [0, 0.05) is 6.42 Å². The molecule has 19 nitrogen and oxygen atoms in total. The Hall–Kier alpha value is -1.21. The third-order valence-electron chi connectivity index (χ3n) is 15.2. The smallest absolute Gasteiger partial charge is 0.220 e. The number of amides is 1. The highest BCUT2D eigenvalue weighted by Gasteiger charge is 2.53. The van der Waals surface area contributed by atoms with Crippen molar-refractivity contribution >= 4 is 5.91 Å². The standard InChI is InChI=1S/C55H105NO18/c1-3-5-7-9-11-13-15-16-17-18-19-20-21-22-23-25-27-29-31-33-43(61)56-38(39(60)32-30-28-26-24-14-12-10-8-6-4-2)37-69-53-49(67)46(64)51(41(35-58)71-53)74-55-50(68)47(65)52(42(36-59)72-55)73-54-48(66)45(63)44(62)40(34-57)70-54/h38-42,44-55,57-60,62-68H,3-37H2,1-2H3,(H,56,61). The number of hydrogen-bond donors (Lipinski definition) is 12. The Balaban J connectivity index is 1.47. The second-order valence-corrected chi connectivity index (χ2v) is 21.5. The van der Waals surface area contributed by atoms with Crippen LogP contribution in [0.3, 0.4) is 0 Å². The van der Waals surface area contributed by atoms with Gasteiger partial charge in [0.25, 0.3) is 0 Å². The van der Waals surface area contributed by atoms with Crippen molar-refractivity contribution in [3.05, 3.63) is 0 Å². The summed E-state index contributed by atoms with van der Waals surface area (Å²) in [6.45, 7) is 1.77. The van der Waals surface area contributed by atoms with Crippen LogP contribution in [0, 0.1) is 0 Å². The Bertz CT molecular complexity index is 1370. The first kappa shape index (κ1) is 67.1. The van der Waals surface area contributed by atoms with Crippen LogP contribution in [0.2, 0.25) is 0 Å². The molecule has 3 aliphatic rings. The predicted molar refractivity (Wildman–Crippen MR) is 277 cm³/mol. The van der Waals surface area contributed by atoms with Crippen LogP contribution in [0.15, 0.2) is 0 Å². The van der Waals surface area contributed by atoms with Gasteiger partial charge in [-0.2, -0.15) is 0 Å². The molecule has 3 fully saturated rings. The normalized spacial score (nSPS) is 31.4. The van der Waals surface area contributed by atoms with Crippen molar-refractivity contribution in [1.29, 1.82) is 0 Å². The lowest BCUT2D eigenvalue weighted by Gasteiger charge is -2.48. The van der Waals surface area contributed by atoms with Gasteiger partial charge in [-0.1, -0.05) is 194 Å². The first-order valence-corrected chi connectivity index (χ1v) is 29.3. The number of carbonyl (C=O) groups is 1. The summed E-state index contributed by atoms with van der Waals surface area (Å²) in [7, 11) is 0. The molecule has 12 N–H and O–H groups in total. The van der Waals surface area contributed by atoms with Gasteiger partial charge in [-0.25, -0.2) is 0 Å². The fourth-order valence-electron chi connectivity index (χ4n) is 10.3. The van der Waals surface area contributed by atoms with Crippen molar-refractivity contribution in [2.45, 2.75) is 317 Å². The zero-order chi connectivity index (χ0) is 54.1. The number of aliphatic hydroxyl groups is 11. The summed E-state index contributed by atoms with van der Waals surface area (Å²) in [4.78, 5) is 13.3. The van der Waals surface area contributed by atoms with E-state index < -0.39 is 124 Å². The minimum atomic E-state index is -1.97. The van der Waals surface area contributed by atoms with Crippen molar-refractivity contribution in [1.82, 2.24) is 5.32 Å². The van der Waals surface area contributed by atoms with Gasteiger partial charge in [-0.15, -0.1) is 0 Å². The SMILES string of the molecule is CCCCCCCCCCCCCCCCCCCCCC(=O)NC(COC1OC(CO)C(OC2OC(CO)C(OC3OC(CO)C(O)C(O)C3O)C(O)C2O)C(O)C1O)C(O)CCCCCCCCCCCC. The molecule has 3 saturated heterocycles. The van der Waals surface area contributed by atoms with Crippen molar-refractivity contribution in [2.75, 3.05) is 26.4 Å². The van der Waals surface area contributed by atoms with Crippen LogP contribution in [0.25, 0.3) is 0 Å². The highest BCUT2D eigenvalue weighted by Crippen LogP contribution is 2.33. The zero-order valence-corrected chi connectivity index (χ0v) is 45.3. The molecule has 17 unspecified atom stereocenters. The molecular formula is C55H105NO18. The number of hydrogen-bond acceptors (Lipinski definition) is 18. The van der Waals surface area contributed by atoms with E-state index in [2.05, 4.69) is 19.2 Å². The monoisotopic (exact) mass is 1070 g/mol. The van der Waals surface area contributed by atoms with Crippen LogP contribution in [0.5, 0.6) is 0 Å². The van der Waals surface area contributed by atoms with Crippen LogP contribution in [0.4, 0.5) is 0 Å². The Morgan fingerprint density at radius 1 is 0.432 bits per heavy atom. The van der Waals surface area contributed by atoms with E-state index in [0.29, 0.717) is 12.8 Å². The average Bonchev–Trinajstić information content (AvgIpc) is 3.40. The maximum Gasteiger partial charge on any atom is 0.220 e. The maximum atomic E-state index is 13.3. The first-order chi connectivity index (χ1) is 35.8. The number of rotatable bonds is 43. The van der Waals surface area contributed by atoms with E-state index in [1.807, 2.05) is 0 Å². The molecule has 0 aromatic carbocycles. The lowest BCUT2D eigenvalue weighted by molar-refractivity contribution is -0.379. The average molecular weight is 1070 g/mol. The molecule has 3 heterocycles. The summed E-state index contributed by atoms with van der Waals surface area (Å²) < 4.78 is 34.2. The third kappa shape index (κ3) is 24.4. The number of aliphatic hydroxyl groups excluding tert-OH is 11. The van der Waals surface area contributed by atoms with Crippen molar-refractivity contribution in [3.8, 4) is 0 Å². The Kier molecular flexibility index (Phi) is 36.3. The second-order valence-electron chi connectivity index (χ2n) is 21.5. The van der Waals surface area contributed by atoms with E-state index in [9.17, 15) is 61.0 Å². The molecule has 3 aliphatic heterocycles. The van der Waals surface area contributed by atoms with Gasteiger partial charge in [-0.3, -0.25) is 4.79 Å². The lowest BCUT2D eigenvalue weighted by Crippen LogP contribution is -2.66. The summed E-state index contributed by atoms with van der Waals surface area (Å²) in [5.41, 5.74) is 0. The molecule has 0 aliphatic carbocycles. The van der Waals surface area contributed by atoms with E-state index in [1.165, 1.54) is 135 Å². The van der Waals surface area contributed by atoms with Gasteiger partial charge in [-0.05, 0) is 12.8 Å². The summed E-state index contributed by atoms with van der Waals surface area (Å²) in [6.07, 6.45) is 9.20. The van der Waals surface area contributed by atoms with Gasteiger partial charge in [0.15, 0.2) is 18.9 Å². The molecule has 0 saturated carbocycles. The summed E-state index contributed by atoms with van der Waals surface area (Å²) in [5, 5.41) is 120. The molecule has 3 rings (SSSR count). The molecule has 0 aromatic heterocycles. The van der Waals surface area contributed by atoms with Crippen LogP contribution < -0.4 is 5.32 Å². The summed E-state index contributed by atoms with van der Waals surface area (Å²) >= 11 is 0. The summed E-state index contributed by atoms with van der Waals surface area (Å²) in [6, 6.07) is -0.878. The van der Waals surface area contributed by atoms with Crippen molar-refractivity contribution < 1.29 is 89.4 Å². The minimum absolute atomic E-state index is 0.241. The molecule has 19 heteroatoms. The van der Waals surface area contributed by atoms with E-state index in [-0.39, 0.29) is 18.9 Å². The van der Waals surface area contributed by atoms with E-state index in [1.54, 1.807) is 0 Å². The maximum absolute atomic E-state index is 13.3. The molecule has 0 radical (unpaired) electrons. The minimum Gasteiger partial charge on any atom is -0.394 e. The van der Waals surface area contributed by atoms with E-state index in [0.717, 1.165) is 44.9 Å². The first-order valence-electron chi connectivity index (χ1n) is 29.3. The molecule has 17 atom stereocenters. The van der Waals surface area contributed by atoms with Gasteiger partial charge in [0.1, 0.15) is 73.2 Å². The van der Waals surface area contributed by atoms with E-state index >= 15 is 0 Å². The Labute approximate surface area is 443 Å². The lowest BCUT2D eigenvalue weighted by atomic mass is 9.96. The van der Waals surface area contributed by atoms with Crippen molar-refractivity contribution in [2.24, 2.45) is 0 Å². The van der Waals surface area contributed by atoms with Gasteiger partial charge in [0.05, 0.1) is 38.6 Å². The quantitative estimate of drug-likeness (QED) is 0.0376. The number of unbranched alkanes of at least 4 members (excludes halogenated alkanes) is 27. The Morgan fingerprint density at radius 3 is 1.18 bits per heavy atom. The molecule has 74 heavy (non-hydrogen) atoms. The van der Waals surface area contributed by atoms with Gasteiger partial charge in [0.2, 0.25) is 5.91 Å². The van der Waals surface area contributed by atoms with Gasteiger partial charge >= 0.3 is 0 Å². The summed E-state index contributed by atoms with van der Waals surface area (Å²) in [5.74, 6) is -0.241. The second kappa shape index (κ2) is 40.0. The van der Waals surface area contributed by atoms with Gasteiger partial charge < -0.3 is 89.9 Å². The van der Waals surface area contributed by atoms with Crippen LogP contribution in [-0.4, -0.2) is 193 Å². The third-order valence-corrected chi connectivity index (χ3v) is 15.2. The molecule has 438 valence electrons. The highest BCUT2D eigenvalue weighted by atomic mass is 16.8. The zero-order valence-electron chi connectivity index (χ0n) is 45.3. The number of carbonyl (C=O) groups excluding carboxylic acids is 1. The van der Waals surface area contributed by atoms with Crippen LogP contribution in [0.1, 0.15) is 213 Å².